The lowest BCUT2D eigenvalue weighted by Crippen LogP contribution is -2.17. The molecule has 3 heterocycles. The molecule has 0 saturated carbocycles. The fourth-order valence-electron chi connectivity index (χ4n) is 4.15. The lowest BCUT2D eigenvalue weighted by atomic mass is 9.85. The second-order valence-corrected chi connectivity index (χ2v) is 7.67. The first kappa shape index (κ1) is 17.2. The van der Waals surface area contributed by atoms with Crippen molar-refractivity contribution in [2.75, 3.05) is 20.4 Å². The number of fused-ring (bicyclic) bond motifs is 2. The van der Waals surface area contributed by atoms with Crippen LogP contribution in [0.3, 0.4) is 0 Å². The fourth-order valence-corrected chi connectivity index (χ4v) is 4.15. The topological polar surface area (TPSA) is 47.5 Å². The number of hydrogen-bond donors (Lipinski definition) is 0. The van der Waals surface area contributed by atoms with Gasteiger partial charge < -0.3 is 14.4 Å². The predicted octanol–water partition coefficient (Wildman–Crippen LogP) is 4.15. The van der Waals surface area contributed by atoms with Crippen molar-refractivity contribution in [2.45, 2.75) is 25.8 Å². The molecule has 1 aromatic heterocycles. The Labute approximate surface area is 164 Å². The van der Waals surface area contributed by atoms with E-state index in [0.29, 0.717) is 12.7 Å². The Hall–Kier alpha value is -2.92. The van der Waals surface area contributed by atoms with E-state index in [1.807, 2.05) is 25.1 Å². The summed E-state index contributed by atoms with van der Waals surface area (Å²) in [7, 11) is 2.18. The Morgan fingerprint density at radius 2 is 1.86 bits per heavy atom. The van der Waals surface area contributed by atoms with Crippen molar-refractivity contribution in [3.8, 4) is 22.8 Å². The third-order valence-electron chi connectivity index (χ3n) is 5.65. The highest BCUT2D eigenvalue weighted by molar-refractivity contribution is 5.61. The van der Waals surface area contributed by atoms with E-state index >= 15 is 0 Å². The third-order valence-corrected chi connectivity index (χ3v) is 5.65. The number of nitrogens with zero attached hydrogens (tertiary/aromatic N) is 3. The van der Waals surface area contributed by atoms with E-state index < -0.39 is 0 Å². The summed E-state index contributed by atoms with van der Waals surface area (Å²) < 4.78 is 11.1. The maximum absolute atomic E-state index is 5.61. The van der Waals surface area contributed by atoms with Gasteiger partial charge in [-0.15, -0.1) is 0 Å². The molecule has 5 nitrogen and oxygen atoms in total. The normalized spacial score (nSPS) is 18.6. The van der Waals surface area contributed by atoms with E-state index in [2.05, 4.69) is 52.5 Å². The quantitative estimate of drug-likeness (QED) is 0.675. The molecule has 142 valence electrons. The maximum atomic E-state index is 5.61. The summed E-state index contributed by atoms with van der Waals surface area (Å²) in [6, 6.07) is 17.1. The molecule has 0 aliphatic carbocycles. The lowest BCUT2D eigenvalue weighted by Gasteiger charge is -2.19. The van der Waals surface area contributed by atoms with Gasteiger partial charge in [0.2, 0.25) is 6.79 Å². The summed E-state index contributed by atoms with van der Waals surface area (Å²) in [4.78, 5) is 2.39. The van der Waals surface area contributed by atoms with E-state index in [1.165, 1.54) is 16.7 Å². The summed E-state index contributed by atoms with van der Waals surface area (Å²) in [5, 5.41) is 8.57. The molecule has 0 spiro atoms. The van der Waals surface area contributed by atoms with Crippen molar-refractivity contribution in [1.82, 2.24) is 15.1 Å². The largest absolute Gasteiger partial charge is 0.454 e. The second-order valence-electron chi connectivity index (χ2n) is 7.67. The Kier molecular flexibility index (Phi) is 4.24. The van der Waals surface area contributed by atoms with Crippen LogP contribution in [0, 0.1) is 6.92 Å². The zero-order valence-electron chi connectivity index (χ0n) is 16.2. The van der Waals surface area contributed by atoms with E-state index in [1.54, 1.807) is 0 Å². The van der Waals surface area contributed by atoms with Gasteiger partial charge in [0.15, 0.2) is 11.5 Å². The zero-order chi connectivity index (χ0) is 19.1. The molecule has 28 heavy (non-hydrogen) atoms. The van der Waals surface area contributed by atoms with Crippen molar-refractivity contribution in [3.63, 3.8) is 0 Å². The lowest BCUT2D eigenvalue weighted by molar-refractivity contribution is 0.174. The Bertz CT molecular complexity index is 1020. The predicted molar refractivity (Wildman–Crippen MR) is 108 cm³/mol. The average molecular weight is 373 g/mol. The molecule has 0 bridgehead atoms. The minimum atomic E-state index is 0.309. The van der Waals surface area contributed by atoms with Gasteiger partial charge in [-0.25, -0.2) is 0 Å². The molecule has 2 aromatic carbocycles. The average Bonchev–Trinajstić information content (AvgIpc) is 3.10. The molecule has 2 aliphatic heterocycles. The van der Waals surface area contributed by atoms with E-state index in [0.717, 1.165) is 48.0 Å². The molecule has 1 unspecified atom stereocenters. The van der Waals surface area contributed by atoms with Gasteiger partial charge in [-0.1, -0.05) is 18.2 Å². The molecule has 0 amide bonds. The molecule has 0 N–H and O–H groups in total. The SMILES string of the molecule is Cc1ccc(-c2ccc3c(c2)CN(C)CCC3c2ccc3c(c2)OCO3)nn1. The Morgan fingerprint density at radius 1 is 0.964 bits per heavy atom. The number of aromatic nitrogens is 2. The standard InChI is InChI=1S/C23H23N3O2/c1-15-3-7-21(25-24-15)17-4-6-19-18(11-17)13-26(2)10-9-20(19)16-5-8-22-23(12-16)28-14-27-22/h3-8,11-12,20H,9-10,13-14H2,1-2H3. The minimum Gasteiger partial charge on any atom is -0.454 e. The zero-order valence-corrected chi connectivity index (χ0v) is 16.2. The van der Waals surface area contributed by atoms with Crippen LogP contribution in [0.25, 0.3) is 11.3 Å². The number of ether oxygens (including phenoxy) is 2. The molecule has 1 atom stereocenters. The van der Waals surface area contributed by atoms with Crippen LogP contribution in [0.1, 0.15) is 34.7 Å². The van der Waals surface area contributed by atoms with Crippen LogP contribution in [0.15, 0.2) is 48.5 Å². The van der Waals surface area contributed by atoms with Crippen molar-refractivity contribution in [1.29, 1.82) is 0 Å². The molecular weight excluding hydrogens is 350 g/mol. The molecule has 5 rings (SSSR count). The highest BCUT2D eigenvalue weighted by Gasteiger charge is 2.25. The molecule has 0 fully saturated rings. The fraction of sp³-hybridized carbons (Fsp3) is 0.304. The van der Waals surface area contributed by atoms with Crippen molar-refractivity contribution in [3.05, 3.63) is 70.9 Å². The molecule has 5 heteroatoms. The summed E-state index contributed by atoms with van der Waals surface area (Å²) in [5.74, 6) is 2.03. The van der Waals surface area contributed by atoms with Crippen molar-refractivity contribution in [2.24, 2.45) is 0 Å². The van der Waals surface area contributed by atoms with Crippen molar-refractivity contribution >= 4 is 0 Å². The number of rotatable bonds is 2. The summed E-state index contributed by atoms with van der Waals surface area (Å²) in [6.45, 7) is 4.25. The molecule has 0 saturated heterocycles. The third kappa shape index (κ3) is 3.12. The van der Waals surface area contributed by atoms with Gasteiger partial charge in [0.25, 0.3) is 0 Å². The number of hydrogen-bond acceptors (Lipinski definition) is 5. The van der Waals surface area contributed by atoms with Crippen LogP contribution < -0.4 is 9.47 Å². The first-order valence-corrected chi connectivity index (χ1v) is 9.69. The van der Waals surface area contributed by atoms with Crippen LogP contribution in [0.5, 0.6) is 11.5 Å². The van der Waals surface area contributed by atoms with Crippen LogP contribution in [-0.2, 0) is 6.54 Å². The molecule has 0 radical (unpaired) electrons. The first-order chi connectivity index (χ1) is 13.7. The number of aryl methyl sites for hydroxylation is 1. The van der Waals surface area contributed by atoms with Gasteiger partial charge in [-0.05, 0) is 74.0 Å². The summed E-state index contributed by atoms with van der Waals surface area (Å²) in [5.41, 5.74) is 6.98. The van der Waals surface area contributed by atoms with Gasteiger partial charge in [-0.3, -0.25) is 0 Å². The highest BCUT2D eigenvalue weighted by atomic mass is 16.7. The van der Waals surface area contributed by atoms with Gasteiger partial charge >= 0.3 is 0 Å². The van der Waals surface area contributed by atoms with Gasteiger partial charge in [-0.2, -0.15) is 10.2 Å². The van der Waals surface area contributed by atoms with E-state index in [4.69, 9.17) is 9.47 Å². The maximum Gasteiger partial charge on any atom is 0.231 e. The van der Waals surface area contributed by atoms with Crippen LogP contribution in [0.2, 0.25) is 0 Å². The van der Waals surface area contributed by atoms with Crippen LogP contribution >= 0.6 is 0 Å². The van der Waals surface area contributed by atoms with E-state index in [9.17, 15) is 0 Å². The van der Waals surface area contributed by atoms with Crippen molar-refractivity contribution < 1.29 is 9.47 Å². The van der Waals surface area contributed by atoms with Crippen LogP contribution in [-0.4, -0.2) is 35.5 Å². The Morgan fingerprint density at radius 3 is 2.71 bits per heavy atom. The van der Waals surface area contributed by atoms with Gasteiger partial charge in [0.1, 0.15) is 0 Å². The van der Waals surface area contributed by atoms with Gasteiger partial charge in [0, 0.05) is 18.0 Å². The smallest absolute Gasteiger partial charge is 0.231 e. The molecule has 3 aromatic rings. The van der Waals surface area contributed by atoms with E-state index in [-0.39, 0.29) is 0 Å². The van der Waals surface area contributed by atoms with Crippen LogP contribution in [0.4, 0.5) is 0 Å². The number of benzene rings is 2. The summed E-state index contributed by atoms with van der Waals surface area (Å²) in [6.07, 6.45) is 1.08. The first-order valence-electron chi connectivity index (χ1n) is 9.69. The second kappa shape index (κ2) is 6.91. The Balaban J connectivity index is 1.56. The van der Waals surface area contributed by atoms with Gasteiger partial charge in [0.05, 0.1) is 11.4 Å². The monoisotopic (exact) mass is 373 g/mol. The minimum absolute atomic E-state index is 0.309. The highest BCUT2D eigenvalue weighted by Crippen LogP contribution is 2.40. The molecular formula is C23H23N3O2. The summed E-state index contributed by atoms with van der Waals surface area (Å²) >= 11 is 0. The molecule has 2 aliphatic rings.